The molecular weight excluding hydrogens is 372 g/mol. The molecule has 0 aliphatic carbocycles. The van der Waals surface area contributed by atoms with Crippen molar-refractivity contribution in [2.75, 3.05) is 23.3 Å². The molecule has 3 aromatic rings. The first kappa shape index (κ1) is 16.0. The topological polar surface area (TPSA) is 74.6 Å². The molecule has 9 heteroatoms. The first-order valence-electron chi connectivity index (χ1n) is 8.57. The number of carbonyl (C=O) groups is 1. The third-order valence-electron chi connectivity index (χ3n) is 5.09. The van der Waals surface area contributed by atoms with Crippen LogP contribution in [0, 0.1) is 0 Å². The van der Waals surface area contributed by atoms with Crippen molar-refractivity contribution in [1.82, 2.24) is 19.9 Å². The lowest BCUT2D eigenvalue weighted by atomic mass is 9.93. The van der Waals surface area contributed by atoms with Gasteiger partial charge in [0, 0.05) is 35.9 Å². The molecule has 0 saturated carbocycles. The molecule has 2 N–H and O–H groups in total. The molecule has 0 aromatic carbocycles. The van der Waals surface area contributed by atoms with Gasteiger partial charge in [-0.2, -0.15) is 0 Å². The maximum absolute atomic E-state index is 12.7. The Kier molecular flexibility index (Phi) is 3.84. The van der Waals surface area contributed by atoms with Crippen LogP contribution >= 0.6 is 22.9 Å². The fourth-order valence-electron chi connectivity index (χ4n) is 3.71. The highest BCUT2D eigenvalue weighted by atomic mass is 35.5. The number of carbonyl (C=O) groups excluding carboxylic acids is 1. The second-order valence-electron chi connectivity index (χ2n) is 6.69. The van der Waals surface area contributed by atoms with Crippen molar-refractivity contribution in [2.45, 2.75) is 24.9 Å². The van der Waals surface area contributed by atoms with Crippen LogP contribution in [0.5, 0.6) is 0 Å². The van der Waals surface area contributed by atoms with Gasteiger partial charge in [0.2, 0.25) is 5.95 Å². The van der Waals surface area contributed by atoms with Crippen LogP contribution < -0.4 is 15.5 Å². The van der Waals surface area contributed by atoms with Crippen LogP contribution in [0.4, 0.5) is 11.6 Å². The molecule has 26 heavy (non-hydrogen) atoms. The van der Waals surface area contributed by atoms with E-state index in [1.807, 2.05) is 11.4 Å². The number of fused-ring (bicyclic) bond motifs is 4. The smallest absolute Gasteiger partial charge is 0.274 e. The number of piperazine rings is 1. The molecule has 2 atom stereocenters. The summed E-state index contributed by atoms with van der Waals surface area (Å²) in [5, 5.41) is 15.2. The molecule has 3 fully saturated rings. The number of anilines is 2. The average Bonchev–Trinajstić information content (AvgIpc) is 3.28. The second kappa shape index (κ2) is 6.22. The number of nitrogens with one attached hydrogen (secondary N) is 2. The minimum Gasteiger partial charge on any atom is -0.334 e. The molecule has 1 amide bonds. The lowest BCUT2D eigenvalue weighted by Crippen LogP contribution is -2.61. The van der Waals surface area contributed by atoms with E-state index in [1.54, 1.807) is 22.2 Å². The van der Waals surface area contributed by atoms with Gasteiger partial charge in [-0.3, -0.25) is 4.79 Å². The molecule has 6 heterocycles. The van der Waals surface area contributed by atoms with Crippen LogP contribution in [-0.2, 0) is 0 Å². The fraction of sp³-hybridized carbons (Fsp3) is 0.353. The van der Waals surface area contributed by atoms with E-state index in [4.69, 9.17) is 11.6 Å². The van der Waals surface area contributed by atoms with Crippen molar-refractivity contribution in [2.24, 2.45) is 0 Å². The number of halogens is 1. The summed E-state index contributed by atoms with van der Waals surface area (Å²) < 4.78 is 1.66. The maximum Gasteiger partial charge on any atom is 0.274 e. The Hall–Kier alpha value is -2.16. The Balaban J connectivity index is 1.47. The summed E-state index contributed by atoms with van der Waals surface area (Å²) in [5.41, 5.74) is 1.87. The van der Waals surface area contributed by atoms with Crippen molar-refractivity contribution < 1.29 is 4.79 Å². The van der Waals surface area contributed by atoms with Crippen LogP contribution in [0.3, 0.4) is 0 Å². The van der Waals surface area contributed by atoms with Gasteiger partial charge in [-0.15, -0.1) is 16.4 Å². The Bertz CT molecular complexity index is 977. The van der Waals surface area contributed by atoms with Crippen LogP contribution in [0.1, 0.15) is 23.3 Å². The van der Waals surface area contributed by atoms with Gasteiger partial charge in [-0.1, -0.05) is 11.6 Å². The molecule has 2 bridgehead atoms. The van der Waals surface area contributed by atoms with Gasteiger partial charge in [0.25, 0.3) is 5.91 Å². The highest BCUT2D eigenvalue weighted by Gasteiger charge is 2.35. The summed E-state index contributed by atoms with van der Waals surface area (Å²) in [4.78, 5) is 19.5. The van der Waals surface area contributed by atoms with Gasteiger partial charge in [-0.05, 0) is 25.0 Å². The summed E-state index contributed by atoms with van der Waals surface area (Å²) in [6, 6.07) is 4.51. The predicted octanol–water partition coefficient (Wildman–Crippen LogP) is 2.64. The van der Waals surface area contributed by atoms with Gasteiger partial charge < -0.3 is 15.5 Å². The van der Waals surface area contributed by atoms with E-state index in [2.05, 4.69) is 25.6 Å². The normalized spacial score (nSPS) is 22.1. The van der Waals surface area contributed by atoms with Gasteiger partial charge >= 0.3 is 0 Å². The lowest BCUT2D eigenvalue weighted by Gasteiger charge is -2.45. The SMILES string of the molecule is O=C(Nc1cscc1Cl)c1ccc2cnc(N3C[C@H]4CC[C@@H]3CN4)nn12. The molecule has 3 aliphatic heterocycles. The molecule has 0 radical (unpaired) electrons. The first-order chi connectivity index (χ1) is 12.7. The number of amides is 1. The number of piperidine rings is 2. The Labute approximate surface area is 159 Å². The zero-order valence-corrected chi connectivity index (χ0v) is 15.4. The summed E-state index contributed by atoms with van der Waals surface area (Å²) in [6.07, 6.45) is 4.11. The van der Waals surface area contributed by atoms with Crippen molar-refractivity contribution in [1.29, 1.82) is 0 Å². The lowest BCUT2D eigenvalue weighted by molar-refractivity contribution is 0.102. The third kappa shape index (κ3) is 2.65. The summed E-state index contributed by atoms with van der Waals surface area (Å²) in [5.74, 6) is 0.435. The van der Waals surface area contributed by atoms with E-state index in [-0.39, 0.29) is 5.91 Å². The number of aromatic nitrogens is 3. The van der Waals surface area contributed by atoms with Gasteiger partial charge in [-0.25, -0.2) is 9.50 Å². The van der Waals surface area contributed by atoms with E-state index in [9.17, 15) is 4.79 Å². The van der Waals surface area contributed by atoms with Gasteiger partial charge in [0.05, 0.1) is 22.4 Å². The Morgan fingerprint density at radius 1 is 1.35 bits per heavy atom. The summed E-state index contributed by atoms with van der Waals surface area (Å²) >= 11 is 7.52. The predicted molar refractivity (Wildman–Crippen MR) is 102 cm³/mol. The fourth-order valence-corrected chi connectivity index (χ4v) is 4.66. The van der Waals surface area contributed by atoms with E-state index >= 15 is 0 Å². The number of hydrogen-bond acceptors (Lipinski definition) is 6. The first-order valence-corrected chi connectivity index (χ1v) is 9.89. The molecule has 6 rings (SSSR count). The number of hydrogen-bond donors (Lipinski definition) is 2. The molecular formula is C17H17ClN6OS. The van der Waals surface area contributed by atoms with Crippen molar-refractivity contribution >= 4 is 46.0 Å². The molecule has 0 spiro atoms. The number of rotatable bonds is 3. The quantitative estimate of drug-likeness (QED) is 0.721. The zero-order chi connectivity index (χ0) is 17.7. The monoisotopic (exact) mass is 388 g/mol. The van der Waals surface area contributed by atoms with E-state index in [0.29, 0.717) is 34.4 Å². The molecule has 7 nitrogen and oxygen atoms in total. The minimum atomic E-state index is -0.239. The van der Waals surface area contributed by atoms with Crippen LogP contribution in [0.15, 0.2) is 29.1 Å². The van der Waals surface area contributed by atoms with Crippen LogP contribution in [0.2, 0.25) is 5.02 Å². The van der Waals surface area contributed by atoms with Crippen LogP contribution in [-0.4, -0.2) is 45.7 Å². The van der Waals surface area contributed by atoms with Crippen LogP contribution in [0.25, 0.3) is 5.52 Å². The highest BCUT2D eigenvalue weighted by molar-refractivity contribution is 7.09. The van der Waals surface area contributed by atoms with Gasteiger partial charge in [0.1, 0.15) is 5.69 Å². The van der Waals surface area contributed by atoms with Crippen molar-refractivity contribution in [3.8, 4) is 0 Å². The van der Waals surface area contributed by atoms with E-state index in [1.165, 1.54) is 17.8 Å². The average molecular weight is 389 g/mol. The summed E-state index contributed by atoms with van der Waals surface area (Å²) in [7, 11) is 0. The summed E-state index contributed by atoms with van der Waals surface area (Å²) in [6.45, 7) is 1.87. The zero-order valence-electron chi connectivity index (χ0n) is 13.9. The largest absolute Gasteiger partial charge is 0.334 e. The Morgan fingerprint density at radius 2 is 2.27 bits per heavy atom. The standard InChI is InChI=1S/C17H17ClN6OS/c18-13-8-26-9-14(13)21-16(25)15-4-3-12-6-20-17(22-24(12)15)23-7-10-1-2-11(23)5-19-10/h3-4,6,8-11,19H,1-2,5,7H2,(H,21,25)/t10-,11-/m1/s1. The molecule has 3 aromatic heterocycles. The highest BCUT2D eigenvalue weighted by Crippen LogP contribution is 2.27. The number of thiophene rings is 1. The number of nitrogens with zero attached hydrogens (tertiary/aromatic N) is 4. The van der Waals surface area contributed by atoms with E-state index < -0.39 is 0 Å². The van der Waals surface area contributed by atoms with Crippen molar-refractivity contribution in [3.63, 3.8) is 0 Å². The van der Waals surface area contributed by atoms with Gasteiger partial charge in [0.15, 0.2) is 0 Å². The Morgan fingerprint density at radius 3 is 2.96 bits per heavy atom. The second-order valence-corrected chi connectivity index (χ2v) is 7.84. The minimum absolute atomic E-state index is 0.239. The molecule has 3 aliphatic rings. The maximum atomic E-state index is 12.7. The molecule has 134 valence electrons. The third-order valence-corrected chi connectivity index (χ3v) is 6.27. The van der Waals surface area contributed by atoms with Crippen molar-refractivity contribution in [3.05, 3.63) is 39.8 Å². The molecule has 3 saturated heterocycles. The van der Waals surface area contributed by atoms with E-state index in [0.717, 1.165) is 25.0 Å². The molecule has 0 unspecified atom stereocenters.